The first kappa shape index (κ1) is 10.7. The first-order valence-electron chi connectivity index (χ1n) is 5.25. The zero-order valence-corrected chi connectivity index (χ0v) is 10.4. The quantitative estimate of drug-likeness (QED) is 0.596. The molecular weight excluding hydrogens is 249 g/mol. The first-order chi connectivity index (χ1) is 7.31. The van der Waals surface area contributed by atoms with Gasteiger partial charge in [-0.3, -0.25) is 0 Å². The molecule has 0 spiro atoms. The van der Waals surface area contributed by atoms with Gasteiger partial charge in [-0.15, -0.1) is 0 Å². The minimum absolute atomic E-state index is 0.641. The van der Waals surface area contributed by atoms with E-state index >= 15 is 0 Å². The normalized spacial score (nSPS) is 20.7. The van der Waals surface area contributed by atoms with Gasteiger partial charge in [0, 0.05) is 0 Å². The molecule has 0 aliphatic carbocycles. The van der Waals surface area contributed by atoms with Crippen LogP contribution in [0.15, 0.2) is 43.0 Å². The summed E-state index contributed by atoms with van der Waals surface area (Å²) >= 11 is 3.17. The van der Waals surface area contributed by atoms with E-state index in [1.165, 1.54) is 10.1 Å². The molecule has 1 aliphatic rings. The van der Waals surface area contributed by atoms with Crippen molar-refractivity contribution in [2.75, 3.05) is 13.1 Å². The summed E-state index contributed by atoms with van der Waals surface area (Å²) in [6, 6.07) is 10.7. The molecule has 0 N–H and O–H groups in total. The van der Waals surface area contributed by atoms with E-state index in [9.17, 15) is 0 Å². The monoisotopic (exact) mass is 265 g/mol. The molecule has 0 amide bonds. The van der Waals surface area contributed by atoms with Gasteiger partial charge in [0.25, 0.3) is 0 Å². The van der Waals surface area contributed by atoms with E-state index in [1.54, 1.807) is 0 Å². The van der Waals surface area contributed by atoms with Crippen LogP contribution in [0.25, 0.3) is 0 Å². The Morgan fingerprint density at radius 3 is 2.80 bits per heavy atom. The van der Waals surface area contributed by atoms with Crippen molar-refractivity contribution in [3.63, 3.8) is 0 Å². The van der Waals surface area contributed by atoms with E-state index in [-0.39, 0.29) is 0 Å². The van der Waals surface area contributed by atoms with Gasteiger partial charge < -0.3 is 0 Å². The van der Waals surface area contributed by atoms with Gasteiger partial charge in [-0.05, 0) is 0 Å². The molecule has 1 aromatic carbocycles. The summed E-state index contributed by atoms with van der Waals surface area (Å²) in [5.41, 5.74) is 1.44. The topological polar surface area (TPSA) is 3.24 Å². The van der Waals surface area contributed by atoms with E-state index in [0.717, 1.165) is 19.5 Å². The van der Waals surface area contributed by atoms with Gasteiger partial charge in [-0.25, -0.2) is 0 Å². The fraction of sp³-hybridized carbons (Fsp3) is 0.308. The molecule has 0 bridgehead atoms. The number of hydrogen-bond acceptors (Lipinski definition) is 1. The molecule has 15 heavy (non-hydrogen) atoms. The fourth-order valence-corrected chi connectivity index (χ4v) is 2.79. The molecule has 0 radical (unpaired) electrons. The number of likely N-dealkylation sites (tertiary alicyclic amines) is 1. The molecule has 1 nitrogen and oxygen atoms in total. The molecule has 1 heterocycles. The molecular formula is C13H15NSe. The summed E-state index contributed by atoms with van der Waals surface area (Å²) in [5.74, 6) is 0.641. The van der Waals surface area contributed by atoms with E-state index in [0.29, 0.717) is 5.92 Å². The van der Waals surface area contributed by atoms with Crippen molar-refractivity contribution in [1.82, 2.24) is 4.90 Å². The maximum absolute atomic E-state index is 3.79. The summed E-state index contributed by atoms with van der Waals surface area (Å²) in [6.45, 7) is 5.85. The third-order valence-corrected chi connectivity index (χ3v) is 3.73. The summed E-state index contributed by atoms with van der Waals surface area (Å²) in [5, 5.41) is 0. The van der Waals surface area contributed by atoms with Crippen molar-refractivity contribution in [3.8, 4) is 0 Å². The summed E-state index contributed by atoms with van der Waals surface area (Å²) in [7, 11) is 0. The van der Waals surface area contributed by atoms with Crippen LogP contribution in [0.4, 0.5) is 0 Å². The van der Waals surface area contributed by atoms with E-state index in [1.807, 2.05) is 6.08 Å². The first-order valence-corrected chi connectivity index (χ1v) is 6.10. The fourth-order valence-electron chi connectivity index (χ4n) is 2.05. The molecule has 1 saturated heterocycles. The zero-order chi connectivity index (χ0) is 10.7. The number of hydrogen-bond donors (Lipinski definition) is 0. The third kappa shape index (κ3) is 2.39. The van der Waals surface area contributed by atoms with Crippen molar-refractivity contribution >= 4 is 20.1 Å². The van der Waals surface area contributed by atoms with Crippen molar-refractivity contribution in [2.45, 2.75) is 12.3 Å². The molecule has 1 unspecified atom stereocenters. The summed E-state index contributed by atoms with van der Waals surface area (Å²) in [4.78, 5) is 2.37. The average Bonchev–Trinajstić information content (AvgIpc) is 2.63. The predicted octanol–water partition coefficient (Wildman–Crippen LogP) is 1.96. The van der Waals surface area contributed by atoms with Gasteiger partial charge >= 0.3 is 99.0 Å². The number of rotatable bonds is 3. The summed E-state index contributed by atoms with van der Waals surface area (Å²) in [6.07, 6.45) is 3.10. The summed E-state index contributed by atoms with van der Waals surface area (Å²) < 4.78 is 1.36. The SMILES string of the molecule is C=CCN1CC(c2ccccc2)CC1=[Se]. The van der Waals surface area contributed by atoms with Gasteiger partial charge in [0.1, 0.15) is 0 Å². The molecule has 0 aromatic heterocycles. The van der Waals surface area contributed by atoms with Gasteiger partial charge in [0.2, 0.25) is 0 Å². The van der Waals surface area contributed by atoms with E-state index in [2.05, 4.69) is 57.4 Å². The Morgan fingerprint density at radius 2 is 2.13 bits per heavy atom. The second kappa shape index (κ2) is 4.78. The van der Waals surface area contributed by atoms with Gasteiger partial charge in [-0.1, -0.05) is 0 Å². The van der Waals surface area contributed by atoms with Crippen LogP contribution in [-0.2, 0) is 0 Å². The Kier molecular flexibility index (Phi) is 3.40. The molecule has 0 saturated carbocycles. The van der Waals surface area contributed by atoms with E-state index < -0.39 is 0 Å². The van der Waals surface area contributed by atoms with Crippen molar-refractivity contribution in [1.29, 1.82) is 0 Å². The van der Waals surface area contributed by atoms with Gasteiger partial charge in [0.15, 0.2) is 0 Å². The molecule has 1 aliphatic heterocycles. The van der Waals surface area contributed by atoms with Crippen LogP contribution in [0.1, 0.15) is 17.9 Å². The standard InChI is InChI=1S/C13H15NSe/c1-2-8-14-10-12(9-13(14)15)11-6-4-3-5-7-11/h2-7,12H,1,8-10H2. The minimum atomic E-state index is 0.641. The molecule has 78 valence electrons. The molecule has 2 heteroatoms. The number of nitrogens with zero attached hydrogens (tertiary/aromatic N) is 1. The van der Waals surface area contributed by atoms with Crippen LogP contribution in [0.5, 0.6) is 0 Å². The Morgan fingerprint density at radius 1 is 1.40 bits per heavy atom. The van der Waals surface area contributed by atoms with Crippen molar-refractivity contribution in [2.24, 2.45) is 0 Å². The van der Waals surface area contributed by atoms with Gasteiger partial charge in [-0.2, -0.15) is 0 Å². The molecule has 2 rings (SSSR count). The van der Waals surface area contributed by atoms with Crippen LogP contribution < -0.4 is 0 Å². The third-order valence-electron chi connectivity index (χ3n) is 2.83. The van der Waals surface area contributed by atoms with Crippen LogP contribution >= 0.6 is 0 Å². The molecule has 1 aromatic rings. The Balaban J connectivity index is 2.09. The molecule has 1 atom stereocenters. The van der Waals surface area contributed by atoms with Gasteiger partial charge in [0.05, 0.1) is 0 Å². The maximum atomic E-state index is 3.79. The van der Waals surface area contributed by atoms with E-state index in [4.69, 9.17) is 0 Å². The Labute approximate surface area is 99.1 Å². The Bertz CT molecular complexity index is 358. The second-order valence-corrected chi connectivity index (χ2v) is 4.89. The molecule has 1 fully saturated rings. The van der Waals surface area contributed by atoms with Crippen molar-refractivity contribution < 1.29 is 0 Å². The van der Waals surface area contributed by atoms with Crippen LogP contribution in [0, 0.1) is 0 Å². The predicted molar refractivity (Wildman–Crippen MR) is 66.3 cm³/mol. The Hall–Kier alpha value is -0.851. The van der Waals surface area contributed by atoms with Crippen molar-refractivity contribution in [3.05, 3.63) is 48.6 Å². The second-order valence-electron chi connectivity index (χ2n) is 3.90. The van der Waals surface area contributed by atoms with Crippen LogP contribution in [-0.4, -0.2) is 38.1 Å². The number of benzene rings is 1. The van der Waals surface area contributed by atoms with Crippen LogP contribution in [0.2, 0.25) is 0 Å². The average molecular weight is 264 g/mol. The van der Waals surface area contributed by atoms with Crippen LogP contribution in [0.3, 0.4) is 0 Å². The zero-order valence-electron chi connectivity index (χ0n) is 8.73.